The molecule has 1 aromatic carbocycles. The van der Waals surface area contributed by atoms with Crippen LogP contribution < -0.4 is 5.56 Å². The van der Waals surface area contributed by atoms with Gasteiger partial charge in [0.1, 0.15) is 5.69 Å². The van der Waals surface area contributed by atoms with Crippen molar-refractivity contribution >= 4 is 32.9 Å². The average molecular weight is 390 g/mol. The number of hydrazone groups is 1. The van der Waals surface area contributed by atoms with E-state index in [4.69, 9.17) is 10.1 Å². The Kier molecular flexibility index (Phi) is 3.28. The second kappa shape index (κ2) is 5.75. The monoisotopic (exact) mass is 390 g/mol. The van der Waals surface area contributed by atoms with Crippen LogP contribution in [0.5, 0.6) is 0 Å². The largest absolute Gasteiger partial charge is 0.313 e. The number of nitrogens with one attached hydrogen (secondary N) is 1. The predicted molar refractivity (Wildman–Crippen MR) is 110 cm³/mol. The summed E-state index contributed by atoms with van der Waals surface area (Å²) in [4.78, 5) is 25.1. The van der Waals surface area contributed by atoms with Gasteiger partial charge in [-0.1, -0.05) is 13.0 Å². The highest BCUT2D eigenvalue weighted by Gasteiger charge is 2.36. The molecule has 4 heterocycles. The van der Waals surface area contributed by atoms with Gasteiger partial charge in [-0.25, -0.2) is 9.97 Å². The molecular weight excluding hydrogens is 372 g/mol. The molecule has 1 N–H and O–H groups in total. The summed E-state index contributed by atoms with van der Waals surface area (Å²) >= 11 is 1.61. The van der Waals surface area contributed by atoms with Crippen LogP contribution in [0, 0.1) is 5.92 Å². The standard InChI is InChI=1S/C20H18N6OS/c1-11-9-26(13-3-4-13)24-16(11)17-18(25-6-7-28-20(25)23-17)12-2-5-15-14(8-12)19(27)22-10-21-15/h2,5-8,10-11,13H,3-4,9H2,1H3,(H,21,22,27). The first-order valence-electron chi connectivity index (χ1n) is 9.48. The zero-order chi connectivity index (χ0) is 18.8. The molecule has 6 rings (SSSR count). The van der Waals surface area contributed by atoms with Crippen molar-refractivity contribution in [1.29, 1.82) is 0 Å². The zero-order valence-corrected chi connectivity index (χ0v) is 16.1. The number of imidazole rings is 1. The Labute approximate surface area is 164 Å². The van der Waals surface area contributed by atoms with E-state index < -0.39 is 0 Å². The molecular formula is C20H18N6OS. The van der Waals surface area contributed by atoms with Gasteiger partial charge in [0.25, 0.3) is 5.56 Å². The average Bonchev–Trinajstić information content (AvgIpc) is 3.16. The van der Waals surface area contributed by atoms with Gasteiger partial charge in [0.2, 0.25) is 0 Å². The topological polar surface area (TPSA) is 78.7 Å². The molecule has 7 nitrogen and oxygen atoms in total. The summed E-state index contributed by atoms with van der Waals surface area (Å²) in [6.45, 7) is 3.17. The van der Waals surface area contributed by atoms with Crippen molar-refractivity contribution in [3.8, 4) is 11.3 Å². The Bertz CT molecular complexity index is 1310. The van der Waals surface area contributed by atoms with Crippen molar-refractivity contribution in [3.63, 3.8) is 0 Å². The van der Waals surface area contributed by atoms with Gasteiger partial charge in [-0.2, -0.15) is 5.10 Å². The summed E-state index contributed by atoms with van der Waals surface area (Å²) in [5, 5.41) is 9.78. The van der Waals surface area contributed by atoms with Crippen molar-refractivity contribution in [3.05, 3.63) is 52.2 Å². The molecule has 1 atom stereocenters. The lowest BCUT2D eigenvalue weighted by molar-refractivity contribution is 0.289. The van der Waals surface area contributed by atoms with Crippen molar-refractivity contribution < 1.29 is 0 Å². The van der Waals surface area contributed by atoms with Crippen LogP contribution in [-0.2, 0) is 0 Å². The van der Waals surface area contributed by atoms with Crippen LogP contribution in [0.25, 0.3) is 27.1 Å². The summed E-state index contributed by atoms with van der Waals surface area (Å²) < 4.78 is 2.10. The second-order valence-corrected chi connectivity index (χ2v) is 8.44. The van der Waals surface area contributed by atoms with E-state index in [1.807, 2.05) is 29.8 Å². The van der Waals surface area contributed by atoms with E-state index in [1.54, 1.807) is 11.3 Å². The summed E-state index contributed by atoms with van der Waals surface area (Å²) in [7, 11) is 0. The van der Waals surface area contributed by atoms with Crippen molar-refractivity contribution in [2.75, 3.05) is 6.54 Å². The summed E-state index contributed by atoms with van der Waals surface area (Å²) in [6.07, 6.45) is 5.93. The van der Waals surface area contributed by atoms with E-state index in [-0.39, 0.29) is 5.56 Å². The Morgan fingerprint density at radius 3 is 3.04 bits per heavy atom. The zero-order valence-electron chi connectivity index (χ0n) is 15.3. The number of aromatic nitrogens is 4. The lowest BCUT2D eigenvalue weighted by Crippen LogP contribution is -2.20. The van der Waals surface area contributed by atoms with E-state index >= 15 is 0 Å². The highest BCUT2D eigenvalue weighted by Crippen LogP contribution is 2.35. The van der Waals surface area contributed by atoms with E-state index in [9.17, 15) is 4.79 Å². The highest BCUT2D eigenvalue weighted by atomic mass is 32.1. The predicted octanol–water partition coefficient (Wildman–Crippen LogP) is 3.12. The normalized spacial score (nSPS) is 19.7. The molecule has 4 aromatic rings. The molecule has 28 heavy (non-hydrogen) atoms. The van der Waals surface area contributed by atoms with Gasteiger partial charge in [-0.3, -0.25) is 14.2 Å². The molecule has 1 saturated carbocycles. The minimum atomic E-state index is -0.133. The molecule has 3 aromatic heterocycles. The van der Waals surface area contributed by atoms with Gasteiger partial charge in [-0.15, -0.1) is 11.3 Å². The van der Waals surface area contributed by atoms with Crippen LogP contribution in [0.2, 0.25) is 0 Å². The molecule has 8 heteroatoms. The molecule has 0 spiro atoms. The number of rotatable bonds is 3. The number of hydrogen-bond donors (Lipinski definition) is 1. The third-order valence-corrected chi connectivity index (χ3v) is 6.31. The van der Waals surface area contributed by atoms with E-state index in [0.29, 0.717) is 22.9 Å². The Morgan fingerprint density at radius 1 is 1.29 bits per heavy atom. The fourth-order valence-corrected chi connectivity index (χ4v) is 4.70. The molecule has 1 fully saturated rings. The lowest BCUT2D eigenvalue weighted by atomic mass is 9.99. The first-order chi connectivity index (χ1) is 13.7. The molecule has 2 aliphatic rings. The summed E-state index contributed by atoms with van der Waals surface area (Å²) in [5.41, 5.74) is 4.45. The molecule has 140 valence electrons. The minimum Gasteiger partial charge on any atom is -0.313 e. The molecule has 1 aliphatic carbocycles. The maximum absolute atomic E-state index is 12.3. The van der Waals surface area contributed by atoms with E-state index in [1.165, 1.54) is 19.2 Å². The van der Waals surface area contributed by atoms with Crippen molar-refractivity contribution in [1.82, 2.24) is 24.4 Å². The van der Waals surface area contributed by atoms with Crippen LogP contribution in [0.1, 0.15) is 25.5 Å². The van der Waals surface area contributed by atoms with E-state index in [0.717, 1.165) is 34.2 Å². The lowest BCUT2D eigenvalue weighted by Gasteiger charge is -2.11. The minimum absolute atomic E-state index is 0.133. The van der Waals surface area contributed by atoms with Gasteiger partial charge in [0.05, 0.1) is 28.6 Å². The smallest absolute Gasteiger partial charge is 0.258 e. The maximum atomic E-state index is 12.3. The third kappa shape index (κ3) is 2.34. The summed E-state index contributed by atoms with van der Waals surface area (Å²) in [6, 6.07) is 6.41. The molecule has 1 unspecified atom stereocenters. The molecule has 0 bridgehead atoms. The number of aromatic amines is 1. The van der Waals surface area contributed by atoms with Gasteiger partial charge < -0.3 is 4.98 Å². The van der Waals surface area contributed by atoms with Gasteiger partial charge in [-0.05, 0) is 25.0 Å². The number of thiazole rings is 1. The molecule has 0 amide bonds. The highest BCUT2D eigenvalue weighted by molar-refractivity contribution is 7.15. The molecule has 1 aliphatic heterocycles. The first kappa shape index (κ1) is 16.0. The number of benzene rings is 1. The fraction of sp³-hybridized carbons (Fsp3) is 0.300. The number of H-pyrrole nitrogens is 1. The van der Waals surface area contributed by atoms with Gasteiger partial charge in [0, 0.05) is 35.6 Å². The van der Waals surface area contributed by atoms with E-state index in [2.05, 4.69) is 26.3 Å². The van der Waals surface area contributed by atoms with Crippen LogP contribution in [-0.4, -0.2) is 42.7 Å². The Balaban J connectivity index is 1.58. The molecule has 0 saturated heterocycles. The SMILES string of the molecule is CC1CN(C2CC2)N=C1c1nc2sccn2c1-c1ccc2nc[nH]c(=O)c2c1. The van der Waals surface area contributed by atoms with Crippen LogP contribution >= 0.6 is 11.3 Å². The summed E-state index contributed by atoms with van der Waals surface area (Å²) in [5.74, 6) is 0.328. The van der Waals surface area contributed by atoms with Gasteiger partial charge >= 0.3 is 0 Å². The van der Waals surface area contributed by atoms with Crippen molar-refractivity contribution in [2.45, 2.75) is 25.8 Å². The number of fused-ring (bicyclic) bond motifs is 2. The van der Waals surface area contributed by atoms with Gasteiger partial charge in [0.15, 0.2) is 4.96 Å². The Hall–Kier alpha value is -3.00. The fourth-order valence-electron chi connectivity index (χ4n) is 3.99. The molecule has 0 radical (unpaired) electrons. The Morgan fingerprint density at radius 2 is 2.18 bits per heavy atom. The maximum Gasteiger partial charge on any atom is 0.258 e. The quantitative estimate of drug-likeness (QED) is 0.583. The number of nitrogens with zero attached hydrogens (tertiary/aromatic N) is 5. The van der Waals surface area contributed by atoms with Crippen LogP contribution in [0.4, 0.5) is 0 Å². The first-order valence-corrected chi connectivity index (χ1v) is 10.4. The van der Waals surface area contributed by atoms with Crippen LogP contribution in [0.3, 0.4) is 0 Å². The number of hydrogen-bond acceptors (Lipinski definition) is 6. The van der Waals surface area contributed by atoms with Crippen LogP contribution in [0.15, 0.2) is 46.0 Å². The third-order valence-electron chi connectivity index (χ3n) is 5.55. The van der Waals surface area contributed by atoms with Crippen molar-refractivity contribution in [2.24, 2.45) is 11.0 Å². The second-order valence-electron chi connectivity index (χ2n) is 7.57.